The topological polar surface area (TPSA) is 99.1 Å². The van der Waals surface area contributed by atoms with Crippen LogP contribution in [0.15, 0.2) is 58.3 Å². The SMILES string of the molecule is Cl.Cn1cc(C(=O)NC(CN)c2ccc3ccccc3c2)c(=O)n(C)c1=O. The van der Waals surface area contributed by atoms with Gasteiger partial charge in [0.25, 0.3) is 11.5 Å². The zero-order valence-corrected chi connectivity index (χ0v) is 15.8. The van der Waals surface area contributed by atoms with Gasteiger partial charge in [0.15, 0.2) is 0 Å². The van der Waals surface area contributed by atoms with Crippen LogP contribution in [0.4, 0.5) is 0 Å². The molecule has 0 aliphatic rings. The lowest BCUT2D eigenvalue weighted by atomic mass is 10.0. The van der Waals surface area contributed by atoms with Gasteiger partial charge in [0, 0.05) is 26.8 Å². The molecule has 0 spiro atoms. The highest BCUT2D eigenvalue weighted by Gasteiger charge is 2.19. The van der Waals surface area contributed by atoms with Crippen LogP contribution in [0.1, 0.15) is 22.0 Å². The number of fused-ring (bicyclic) bond motifs is 1. The Morgan fingerprint density at radius 1 is 1.11 bits per heavy atom. The zero-order chi connectivity index (χ0) is 18.8. The van der Waals surface area contributed by atoms with Gasteiger partial charge in [0.05, 0.1) is 6.04 Å². The fraction of sp³-hybridized carbons (Fsp3) is 0.211. The molecule has 0 aliphatic heterocycles. The monoisotopic (exact) mass is 388 g/mol. The highest BCUT2D eigenvalue weighted by Crippen LogP contribution is 2.20. The second kappa shape index (κ2) is 8.20. The maximum Gasteiger partial charge on any atom is 0.330 e. The fourth-order valence-corrected chi connectivity index (χ4v) is 2.90. The van der Waals surface area contributed by atoms with Gasteiger partial charge in [-0.2, -0.15) is 0 Å². The summed E-state index contributed by atoms with van der Waals surface area (Å²) in [6, 6.07) is 13.3. The first kappa shape index (κ1) is 20.4. The summed E-state index contributed by atoms with van der Waals surface area (Å²) in [7, 11) is 2.83. The second-order valence-corrected chi connectivity index (χ2v) is 6.17. The largest absolute Gasteiger partial charge is 0.344 e. The lowest BCUT2D eigenvalue weighted by Crippen LogP contribution is -2.43. The summed E-state index contributed by atoms with van der Waals surface area (Å²) in [4.78, 5) is 36.6. The maximum atomic E-state index is 12.6. The molecule has 0 bridgehead atoms. The molecule has 1 unspecified atom stereocenters. The van der Waals surface area contributed by atoms with E-state index in [2.05, 4.69) is 5.32 Å². The number of halogens is 1. The van der Waals surface area contributed by atoms with Crippen LogP contribution < -0.4 is 22.3 Å². The predicted octanol–water partition coefficient (Wildman–Crippen LogP) is 1.09. The minimum atomic E-state index is -0.639. The van der Waals surface area contributed by atoms with Gasteiger partial charge in [-0.1, -0.05) is 36.4 Å². The average molecular weight is 389 g/mol. The van der Waals surface area contributed by atoms with E-state index < -0.39 is 23.2 Å². The highest BCUT2D eigenvalue weighted by atomic mass is 35.5. The van der Waals surface area contributed by atoms with E-state index in [1.165, 1.54) is 24.9 Å². The molecule has 0 radical (unpaired) electrons. The first-order valence-corrected chi connectivity index (χ1v) is 8.18. The summed E-state index contributed by atoms with van der Waals surface area (Å²) in [5, 5.41) is 4.91. The molecule has 1 amide bonds. The van der Waals surface area contributed by atoms with E-state index in [4.69, 9.17) is 5.73 Å². The molecule has 0 aliphatic carbocycles. The molecule has 0 fully saturated rings. The lowest BCUT2D eigenvalue weighted by molar-refractivity contribution is 0.0934. The Bertz CT molecular complexity index is 1100. The Balaban J connectivity index is 0.00000261. The van der Waals surface area contributed by atoms with Crippen molar-refractivity contribution in [1.82, 2.24) is 14.5 Å². The van der Waals surface area contributed by atoms with Crippen molar-refractivity contribution in [3.63, 3.8) is 0 Å². The third-order valence-corrected chi connectivity index (χ3v) is 4.41. The highest BCUT2D eigenvalue weighted by molar-refractivity contribution is 5.94. The number of hydrogen-bond acceptors (Lipinski definition) is 4. The third kappa shape index (κ3) is 3.94. The van der Waals surface area contributed by atoms with Crippen molar-refractivity contribution < 1.29 is 4.79 Å². The quantitative estimate of drug-likeness (QED) is 0.698. The van der Waals surface area contributed by atoms with Gasteiger partial charge in [-0.25, -0.2) is 4.79 Å². The molecule has 1 atom stereocenters. The van der Waals surface area contributed by atoms with Crippen molar-refractivity contribution in [2.75, 3.05) is 6.54 Å². The molecule has 8 heteroatoms. The van der Waals surface area contributed by atoms with Crippen LogP contribution in [-0.4, -0.2) is 21.6 Å². The number of rotatable bonds is 4. The smallest absolute Gasteiger partial charge is 0.330 e. The summed E-state index contributed by atoms with van der Waals surface area (Å²) in [5.74, 6) is -0.565. The number of nitrogens with two attached hydrogens (primary N) is 1. The van der Waals surface area contributed by atoms with Gasteiger partial charge in [0.1, 0.15) is 5.56 Å². The number of hydrogen-bond donors (Lipinski definition) is 2. The van der Waals surface area contributed by atoms with Crippen LogP contribution in [0, 0.1) is 0 Å². The number of carbonyl (C=O) groups excluding carboxylic acids is 1. The Labute approximate surface area is 161 Å². The number of nitrogens with one attached hydrogen (secondary N) is 1. The van der Waals surface area contributed by atoms with Crippen molar-refractivity contribution in [2.24, 2.45) is 19.8 Å². The average Bonchev–Trinajstić information content (AvgIpc) is 2.66. The van der Waals surface area contributed by atoms with Crippen LogP contribution in [0.3, 0.4) is 0 Å². The van der Waals surface area contributed by atoms with Crippen molar-refractivity contribution in [3.05, 3.63) is 80.6 Å². The number of nitrogens with zero attached hydrogens (tertiary/aromatic N) is 2. The van der Waals surface area contributed by atoms with Crippen LogP contribution in [-0.2, 0) is 14.1 Å². The number of aryl methyl sites for hydroxylation is 1. The Kier molecular flexibility index (Phi) is 6.20. The molecule has 3 aromatic rings. The standard InChI is InChI=1S/C19H20N4O3.ClH/c1-22-11-15(18(25)23(2)19(22)26)17(24)21-16(10-20)14-8-7-12-5-3-4-6-13(12)9-14;/h3-9,11,16H,10,20H2,1-2H3,(H,21,24);1H. The summed E-state index contributed by atoms with van der Waals surface area (Å²) >= 11 is 0. The normalized spacial score (nSPS) is 11.7. The minimum absolute atomic E-state index is 0. The molecule has 0 saturated carbocycles. The predicted molar refractivity (Wildman–Crippen MR) is 107 cm³/mol. The van der Waals surface area contributed by atoms with E-state index in [1.54, 1.807) is 0 Å². The van der Waals surface area contributed by atoms with Gasteiger partial charge < -0.3 is 15.6 Å². The molecule has 1 heterocycles. The zero-order valence-electron chi connectivity index (χ0n) is 15.0. The first-order valence-electron chi connectivity index (χ1n) is 8.18. The minimum Gasteiger partial charge on any atom is -0.344 e. The van der Waals surface area contributed by atoms with Crippen molar-refractivity contribution in [1.29, 1.82) is 0 Å². The lowest BCUT2D eigenvalue weighted by Gasteiger charge is -2.18. The van der Waals surface area contributed by atoms with Gasteiger partial charge in [-0.15, -0.1) is 12.4 Å². The van der Waals surface area contributed by atoms with Gasteiger partial charge in [0.2, 0.25) is 0 Å². The van der Waals surface area contributed by atoms with E-state index in [0.717, 1.165) is 20.9 Å². The van der Waals surface area contributed by atoms with Crippen LogP contribution in [0.5, 0.6) is 0 Å². The number of benzene rings is 2. The van der Waals surface area contributed by atoms with E-state index in [-0.39, 0.29) is 24.5 Å². The molecule has 3 rings (SSSR count). The van der Waals surface area contributed by atoms with Crippen molar-refractivity contribution in [2.45, 2.75) is 6.04 Å². The fourth-order valence-electron chi connectivity index (χ4n) is 2.90. The molecular formula is C19H21ClN4O3. The van der Waals surface area contributed by atoms with Gasteiger partial charge in [-0.3, -0.25) is 14.2 Å². The van der Waals surface area contributed by atoms with E-state index in [9.17, 15) is 14.4 Å². The van der Waals surface area contributed by atoms with Crippen LogP contribution in [0.25, 0.3) is 10.8 Å². The number of aromatic nitrogens is 2. The second-order valence-electron chi connectivity index (χ2n) is 6.17. The number of amides is 1. The summed E-state index contributed by atoms with van der Waals surface area (Å²) < 4.78 is 2.10. The van der Waals surface area contributed by atoms with Gasteiger partial charge >= 0.3 is 5.69 Å². The Morgan fingerprint density at radius 3 is 2.44 bits per heavy atom. The third-order valence-electron chi connectivity index (χ3n) is 4.41. The van der Waals surface area contributed by atoms with Crippen LogP contribution >= 0.6 is 12.4 Å². The molecule has 142 valence electrons. The molecule has 3 N–H and O–H groups in total. The molecule has 27 heavy (non-hydrogen) atoms. The van der Waals surface area contributed by atoms with Crippen molar-refractivity contribution in [3.8, 4) is 0 Å². The van der Waals surface area contributed by atoms with E-state index in [0.29, 0.717) is 0 Å². The maximum absolute atomic E-state index is 12.6. The van der Waals surface area contributed by atoms with Gasteiger partial charge in [-0.05, 0) is 22.4 Å². The van der Waals surface area contributed by atoms with Crippen LogP contribution in [0.2, 0.25) is 0 Å². The van der Waals surface area contributed by atoms with E-state index in [1.807, 2.05) is 42.5 Å². The first-order chi connectivity index (χ1) is 12.4. The molecular weight excluding hydrogens is 368 g/mol. The molecule has 1 aromatic heterocycles. The summed E-state index contributed by atoms with van der Waals surface area (Å²) in [6.07, 6.45) is 1.24. The Hall–Kier alpha value is -2.90. The molecule has 2 aromatic carbocycles. The Morgan fingerprint density at radius 2 is 1.78 bits per heavy atom. The number of carbonyl (C=O) groups is 1. The van der Waals surface area contributed by atoms with Crippen molar-refractivity contribution >= 4 is 29.1 Å². The van der Waals surface area contributed by atoms with E-state index >= 15 is 0 Å². The molecule has 0 saturated heterocycles. The summed E-state index contributed by atoms with van der Waals surface area (Å²) in [5.41, 5.74) is 5.46. The molecule has 7 nitrogen and oxygen atoms in total. The summed E-state index contributed by atoms with van der Waals surface area (Å²) in [6.45, 7) is 0.177.